The molecule has 0 unspecified atom stereocenters. The fraction of sp³-hybridized carbons (Fsp3) is 0.190. The standard InChI is InChI=1S/C21H22N4O3/c1-22-21(28)16-5-2-15(3-6-16)4-11-19(26)24-17-7-9-18(10-8-17)25-13-12-23-20(27)14-25/h2-11H,12-14H2,1H3,(H,22,28)(H,23,27)(H,24,26)/b11-4+. The van der Waals surface area contributed by atoms with Gasteiger partial charge in [0.25, 0.3) is 5.91 Å². The highest BCUT2D eigenvalue weighted by Gasteiger charge is 2.16. The molecule has 144 valence electrons. The van der Waals surface area contributed by atoms with Crippen LogP contribution in [0.5, 0.6) is 0 Å². The molecule has 2 aromatic carbocycles. The number of nitrogens with one attached hydrogen (secondary N) is 3. The van der Waals surface area contributed by atoms with Gasteiger partial charge in [0.15, 0.2) is 0 Å². The number of amides is 3. The second-order valence-corrected chi connectivity index (χ2v) is 6.34. The molecule has 0 atom stereocenters. The van der Waals surface area contributed by atoms with Gasteiger partial charge in [-0.3, -0.25) is 14.4 Å². The second-order valence-electron chi connectivity index (χ2n) is 6.34. The maximum Gasteiger partial charge on any atom is 0.251 e. The van der Waals surface area contributed by atoms with Gasteiger partial charge in [-0.25, -0.2) is 0 Å². The quantitative estimate of drug-likeness (QED) is 0.690. The van der Waals surface area contributed by atoms with E-state index in [4.69, 9.17) is 0 Å². The Bertz CT molecular complexity index is 889. The second kappa shape index (κ2) is 8.85. The average molecular weight is 378 g/mol. The lowest BCUT2D eigenvalue weighted by atomic mass is 10.1. The van der Waals surface area contributed by atoms with Gasteiger partial charge in [-0.05, 0) is 48.0 Å². The summed E-state index contributed by atoms with van der Waals surface area (Å²) in [7, 11) is 1.58. The largest absolute Gasteiger partial charge is 0.360 e. The molecule has 0 aliphatic carbocycles. The third-order valence-corrected chi connectivity index (χ3v) is 4.37. The van der Waals surface area contributed by atoms with Crippen LogP contribution in [0.25, 0.3) is 6.08 Å². The van der Waals surface area contributed by atoms with Crippen molar-refractivity contribution in [3.63, 3.8) is 0 Å². The van der Waals surface area contributed by atoms with Gasteiger partial charge >= 0.3 is 0 Å². The van der Waals surface area contributed by atoms with E-state index in [2.05, 4.69) is 16.0 Å². The highest BCUT2D eigenvalue weighted by molar-refractivity contribution is 6.02. The van der Waals surface area contributed by atoms with Crippen molar-refractivity contribution in [3.05, 3.63) is 65.7 Å². The van der Waals surface area contributed by atoms with Gasteiger partial charge in [0.05, 0.1) is 6.54 Å². The highest BCUT2D eigenvalue weighted by Crippen LogP contribution is 2.18. The first-order valence-corrected chi connectivity index (χ1v) is 8.98. The maximum absolute atomic E-state index is 12.1. The van der Waals surface area contributed by atoms with Crippen LogP contribution in [0, 0.1) is 0 Å². The average Bonchev–Trinajstić information content (AvgIpc) is 2.72. The summed E-state index contributed by atoms with van der Waals surface area (Å²) < 4.78 is 0. The summed E-state index contributed by atoms with van der Waals surface area (Å²) in [6, 6.07) is 14.4. The summed E-state index contributed by atoms with van der Waals surface area (Å²) >= 11 is 0. The van der Waals surface area contributed by atoms with Crippen LogP contribution in [-0.2, 0) is 9.59 Å². The number of carbonyl (C=O) groups excluding carboxylic acids is 3. The SMILES string of the molecule is CNC(=O)c1ccc(/C=C/C(=O)Nc2ccc(N3CCNC(=O)C3)cc2)cc1. The van der Waals surface area contributed by atoms with Crippen LogP contribution in [-0.4, -0.2) is 44.4 Å². The van der Waals surface area contributed by atoms with Crippen molar-refractivity contribution >= 4 is 35.2 Å². The zero-order valence-electron chi connectivity index (χ0n) is 15.6. The number of hydrogen-bond donors (Lipinski definition) is 3. The molecular formula is C21H22N4O3. The molecule has 1 fully saturated rings. The van der Waals surface area contributed by atoms with Crippen LogP contribution in [0.15, 0.2) is 54.6 Å². The molecule has 0 radical (unpaired) electrons. The molecule has 0 bridgehead atoms. The monoisotopic (exact) mass is 378 g/mol. The minimum Gasteiger partial charge on any atom is -0.360 e. The van der Waals surface area contributed by atoms with Crippen LogP contribution in [0.3, 0.4) is 0 Å². The summed E-state index contributed by atoms with van der Waals surface area (Å²) in [5.74, 6) is -0.389. The zero-order valence-corrected chi connectivity index (χ0v) is 15.6. The minimum absolute atomic E-state index is 0.0112. The fourth-order valence-corrected chi connectivity index (χ4v) is 2.86. The summed E-state index contributed by atoms with van der Waals surface area (Å²) in [5.41, 5.74) is 3.01. The lowest BCUT2D eigenvalue weighted by Crippen LogP contribution is -2.47. The van der Waals surface area contributed by atoms with Gasteiger partial charge < -0.3 is 20.9 Å². The van der Waals surface area contributed by atoms with E-state index in [1.807, 2.05) is 29.2 Å². The summed E-state index contributed by atoms with van der Waals surface area (Å²) in [6.07, 6.45) is 3.13. The summed E-state index contributed by atoms with van der Waals surface area (Å²) in [5, 5.41) is 8.16. The number of carbonyl (C=O) groups is 3. The number of rotatable bonds is 5. The number of benzene rings is 2. The molecule has 0 saturated carbocycles. The number of hydrogen-bond acceptors (Lipinski definition) is 4. The highest BCUT2D eigenvalue weighted by atomic mass is 16.2. The van der Waals surface area contributed by atoms with E-state index in [0.29, 0.717) is 24.3 Å². The van der Waals surface area contributed by atoms with E-state index in [0.717, 1.165) is 17.8 Å². The van der Waals surface area contributed by atoms with Crippen LogP contribution in [0.4, 0.5) is 11.4 Å². The van der Waals surface area contributed by atoms with Crippen molar-refractivity contribution < 1.29 is 14.4 Å². The summed E-state index contributed by atoms with van der Waals surface area (Å²) in [4.78, 5) is 37.1. The Hall–Kier alpha value is -3.61. The Morgan fingerprint density at radius 1 is 1.07 bits per heavy atom. The van der Waals surface area contributed by atoms with E-state index in [-0.39, 0.29) is 17.7 Å². The van der Waals surface area contributed by atoms with Crippen LogP contribution in [0.2, 0.25) is 0 Å². The van der Waals surface area contributed by atoms with Gasteiger partial charge in [0.2, 0.25) is 11.8 Å². The van der Waals surface area contributed by atoms with Crippen LogP contribution >= 0.6 is 0 Å². The third-order valence-electron chi connectivity index (χ3n) is 4.37. The first-order valence-electron chi connectivity index (χ1n) is 8.98. The van der Waals surface area contributed by atoms with Gasteiger partial charge in [-0.15, -0.1) is 0 Å². The Balaban J connectivity index is 1.56. The first-order chi connectivity index (χ1) is 13.5. The lowest BCUT2D eigenvalue weighted by Gasteiger charge is -2.28. The molecule has 7 nitrogen and oxygen atoms in total. The first kappa shape index (κ1) is 19.2. The van der Waals surface area contributed by atoms with Gasteiger partial charge in [0, 0.05) is 43.2 Å². The fourth-order valence-electron chi connectivity index (χ4n) is 2.86. The molecule has 1 saturated heterocycles. The molecule has 1 aliphatic rings. The van der Waals surface area contributed by atoms with Crippen molar-refractivity contribution in [1.29, 1.82) is 0 Å². The predicted octanol–water partition coefficient (Wildman–Crippen LogP) is 1.63. The smallest absolute Gasteiger partial charge is 0.251 e. The van der Waals surface area contributed by atoms with E-state index >= 15 is 0 Å². The molecular weight excluding hydrogens is 356 g/mol. The number of nitrogens with zero attached hydrogens (tertiary/aromatic N) is 1. The Labute approximate surface area is 163 Å². The normalized spacial score (nSPS) is 13.9. The lowest BCUT2D eigenvalue weighted by molar-refractivity contribution is -0.120. The molecule has 28 heavy (non-hydrogen) atoms. The molecule has 1 heterocycles. The zero-order chi connectivity index (χ0) is 19.9. The van der Waals surface area contributed by atoms with Gasteiger partial charge in [-0.1, -0.05) is 12.1 Å². The van der Waals surface area contributed by atoms with E-state index < -0.39 is 0 Å². The topological polar surface area (TPSA) is 90.5 Å². The van der Waals surface area contributed by atoms with E-state index in [1.165, 1.54) is 6.08 Å². The molecule has 1 aliphatic heterocycles. The third kappa shape index (κ3) is 4.97. The molecule has 7 heteroatoms. The van der Waals surface area contributed by atoms with Crippen molar-refractivity contribution in [2.75, 3.05) is 36.9 Å². The van der Waals surface area contributed by atoms with Gasteiger partial charge in [0.1, 0.15) is 0 Å². The summed E-state index contributed by atoms with van der Waals surface area (Å²) in [6.45, 7) is 1.73. The molecule has 3 rings (SSSR count). The molecule has 2 aromatic rings. The van der Waals surface area contributed by atoms with E-state index in [1.54, 1.807) is 37.4 Å². The molecule has 0 spiro atoms. The van der Waals surface area contributed by atoms with Crippen molar-refractivity contribution in [2.45, 2.75) is 0 Å². The van der Waals surface area contributed by atoms with Gasteiger partial charge in [-0.2, -0.15) is 0 Å². The maximum atomic E-state index is 12.1. The number of piperazine rings is 1. The van der Waals surface area contributed by atoms with Crippen molar-refractivity contribution in [1.82, 2.24) is 10.6 Å². The Morgan fingerprint density at radius 2 is 1.79 bits per heavy atom. The van der Waals surface area contributed by atoms with Crippen LogP contribution in [0.1, 0.15) is 15.9 Å². The van der Waals surface area contributed by atoms with E-state index in [9.17, 15) is 14.4 Å². The Morgan fingerprint density at radius 3 is 2.43 bits per heavy atom. The Kier molecular flexibility index (Phi) is 6.06. The molecule has 3 amide bonds. The van der Waals surface area contributed by atoms with Crippen molar-refractivity contribution in [3.8, 4) is 0 Å². The minimum atomic E-state index is -0.250. The molecule has 0 aromatic heterocycles. The predicted molar refractivity (Wildman–Crippen MR) is 109 cm³/mol. The molecule has 3 N–H and O–H groups in total. The van der Waals surface area contributed by atoms with Crippen LogP contribution < -0.4 is 20.9 Å². The van der Waals surface area contributed by atoms with Crippen molar-refractivity contribution in [2.24, 2.45) is 0 Å². The number of anilines is 2.